The molecule has 0 bridgehead atoms. The second-order valence-corrected chi connectivity index (χ2v) is 9.22. The molecule has 0 unspecified atom stereocenters. The third kappa shape index (κ3) is 3.47. The first-order chi connectivity index (χ1) is 12.8. The van der Waals surface area contributed by atoms with Crippen LogP contribution in [0.15, 0.2) is 30.5 Å². The lowest BCUT2D eigenvalue weighted by molar-refractivity contribution is 0.00578. The summed E-state index contributed by atoms with van der Waals surface area (Å²) in [5.41, 5.74) is 4.17. The number of nitrogens with zero attached hydrogens (tertiary/aromatic N) is 2. The molecule has 2 heterocycles. The summed E-state index contributed by atoms with van der Waals surface area (Å²) < 4.78 is 14.4. The first-order valence-corrected chi connectivity index (χ1v) is 10.3. The third-order valence-corrected chi connectivity index (χ3v) is 6.70. The SMILES string of the molecule is Cc1cnn(-c2ccc(B3OC(C)(C)C(C)(C)O3)cc2)c1CC1CCCC1. The number of benzene rings is 1. The Labute approximate surface area is 163 Å². The smallest absolute Gasteiger partial charge is 0.399 e. The van der Waals surface area contributed by atoms with Gasteiger partial charge >= 0.3 is 7.12 Å². The van der Waals surface area contributed by atoms with Crippen LogP contribution in [0.2, 0.25) is 0 Å². The molecule has 1 saturated carbocycles. The quantitative estimate of drug-likeness (QED) is 0.761. The fraction of sp³-hybridized carbons (Fsp3) is 0.591. The highest BCUT2D eigenvalue weighted by molar-refractivity contribution is 6.62. The van der Waals surface area contributed by atoms with Crippen LogP contribution in [0.25, 0.3) is 5.69 Å². The molecule has 144 valence electrons. The van der Waals surface area contributed by atoms with Crippen LogP contribution >= 0.6 is 0 Å². The van der Waals surface area contributed by atoms with E-state index in [1.54, 1.807) is 0 Å². The van der Waals surface area contributed by atoms with Crippen LogP contribution in [0, 0.1) is 12.8 Å². The molecular formula is C22H31BN2O2. The highest BCUT2D eigenvalue weighted by atomic mass is 16.7. The molecular weight excluding hydrogens is 335 g/mol. The zero-order valence-corrected chi connectivity index (χ0v) is 17.3. The van der Waals surface area contributed by atoms with Crippen molar-refractivity contribution in [2.24, 2.45) is 5.92 Å². The molecule has 1 aliphatic carbocycles. The lowest BCUT2D eigenvalue weighted by Crippen LogP contribution is -2.41. The molecule has 4 rings (SSSR count). The van der Waals surface area contributed by atoms with Gasteiger partial charge in [0.05, 0.1) is 23.1 Å². The first-order valence-electron chi connectivity index (χ1n) is 10.3. The number of aryl methyl sites for hydroxylation is 1. The van der Waals surface area contributed by atoms with E-state index in [1.807, 2.05) is 6.20 Å². The number of hydrogen-bond acceptors (Lipinski definition) is 3. The monoisotopic (exact) mass is 366 g/mol. The predicted octanol–water partition coefficient (Wildman–Crippen LogP) is 4.21. The molecule has 2 aliphatic rings. The van der Waals surface area contributed by atoms with Gasteiger partial charge in [-0.05, 0) is 70.1 Å². The summed E-state index contributed by atoms with van der Waals surface area (Å²) in [5.74, 6) is 0.808. The van der Waals surface area contributed by atoms with Gasteiger partial charge in [-0.1, -0.05) is 37.8 Å². The summed E-state index contributed by atoms with van der Waals surface area (Å²) in [5, 5.41) is 4.66. The van der Waals surface area contributed by atoms with Crippen molar-refractivity contribution < 1.29 is 9.31 Å². The highest BCUT2D eigenvalue weighted by Crippen LogP contribution is 2.36. The maximum absolute atomic E-state index is 6.17. The fourth-order valence-corrected chi connectivity index (χ4v) is 4.17. The Morgan fingerprint density at radius 1 is 1.04 bits per heavy atom. The molecule has 4 nitrogen and oxygen atoms in total. The minimum atomic E-state index is -0.318. The van der Waals surface area contributed by atoms with Gasteiger partial charge in [-0.15, -0.1) is 0 Å². The van der Waals surface area contributed by atoms with Crippen LogP contribution in [0.3, 0.4) is 0 Å². The maximum atomic E-state index is 6.17. The summed E-state index contributed by atoms with van der Waals surface area (Å²) in [6.45, 7) is 10.5. The van der Waals surface area contributed by atoms with Crippen molar-refractivity contribution in [3.05, 3.63) is 41.7 Å². The molecule has 0 atom stereocenters. The minimum absolute atomic E-state index is 0.316. The zero-order chi connectivity index (χ0) is 19.2. The number of rotatable bonds is 4. The van der Waals surface area contributed by atoms with E-state index in [0.717, 1.165) is 23.5 Å². The Kier molecular flexibility index (Phi) is 4.72. The van der Waals surface area contributed by atoms with E-state index in [-0.39, 0.29) is 18.3 Å². The summed E-state index contributed by atoms with van der Waals surface area (Å²) >= 11 is 0. The second-order valence-electron chi connectivity index (χ2n) is 9.22. The molecule has 5 heteroatoms. The van der Waals surface area contributed by atoms with Gasteiger partial charge in [0.2, 0.25) is 0 Å². The summed E-state index contributed by atoms with van der Waals surface area (Å²) in [6.07, 6.45) is 8.58. The lowest BCUT2D eigenvalue weighted by Gasteiger charge is -2.32. The maximum Gasteiger partial charge on any atom is 0.494 e. The summed E-state index contributed by atoms with van der Waals surface area (Å²) in [4.78, 5) is 0. The normalized spacial score (nSPS) is 21.9. The largest absolute Gasteiger partial charge is 0.494 e. The molecule has 0 spiro atoms. The number of aromatic nitrogens is 2. The van der Waals surface area contributed by atoms with Crippen LogP contribution in [0.4, 0.5) is 0 Å². The molecule has 1 aromatic carbocycles. The van der Waals surface area contributed by atoms with Crippen LogP contribution < -0.4 is 5.46 Å². The topological polar surface area (TPSA) is 36.3 Å². The highest BCUT2D eigenvalue weighted by Gasteiger charge is 2.51. The Balaban J connectivity index is 1.55. The van der Waals surface area contributed by atoms with Crippen molar-refractivity contribution in [2.45, 2.75) is 77.9 Å². The number of hydrogen-bond donors (Lipinski definition) is 0. The summed E-state index contributed by atoms with van der Waals surface area (Å²) in [7, 11) is -0.318. The van der Waals surface area contributed by atoms with Crippen LogP contribution in [0.1, 0.15) is 64.6 Å². The molecule has 2 aromatic rings. The lowest BCUT2D eigenvalue weighted by atomic mass is 9.79. The molecule has 0 radical (unpaired) electrons. The van der Waals surface area contributed by atoms with Crippen molar-refractivity contribution in [2.75, 3.05) is 0 Å². The molecule has 0 amide bonds. The fourth-order valence-electron chi connectivity index (χ4n) is 4.17. The Bertz CT molecular complexity index is 788. The Morgan fingerprint density at radius 3 is 2.22 bits per heavy atom. The van der Waals surface area contributed by atoms with Gasteiger partial charge in [-0.3, -0.25) is 0 Å². The molecule has 2 fully saturated rings. The average molecular weight is 366 g/mol. The van der Waals surface area contributed by atoms with E-state index in [4.69, 9.17) is 9.31 Å². The van der Waals surface area contributed by atoms with Gasteiger partial charge in [0, 0.05) is 5.69 Å². The molecule has 27 heavy (non-hydrogen) atoms. The Hall–Kier alpha value is -1.59. The van der Waals surface area contributed by atoms with Gasteiger partial charge in [0.15, 0.2) is 0 Å². The average Bonchev–Trinajstić information content (AvgIpc) is 3.29. The van der Waals surface area contributed by atoms with E-state index in [1.165, 1.54) is 36.9 Å². The third-order valence-electron chi connectivity index (χ3n) is 6.70. The predicted molar refractivity (Wildman–Crippen MR) is 110 cm³/mol. The molecule has 1 aliphatic heterocycles. The van der Waals surface area contributed by atoms with E-state index in [0.29, 0.717) is 0 Å². The summed E-state index contributed by atoms with van der Waals surface area (Å²) in [6, 6.07) is 8.47. The van der Waals surface area contributed by atoms with Crippen LogP contribution in [-0.2, 0) is 15.7 Å². The van der Waals surface area contributed by atoms with E-state index < -0.39 is 0 Å². The van der Waals surface area contributed by atoms with Crippen molar-refractivity contribution in [3.63, 3.8) is 0 Å². The van der Waals surface area contributed by atoms with Crippen molar-refractivity contribution >= 4 is 12.6 Å². The van der Waals surface area contributed by atoms with E-state index in [9.17, 15) is 0 Å². The van der Waals surface area contributed by atoms with Crippen LogP contribution in [0.5, 0.6) is 0 Å². The van der Waals surface area contributed by atoms with E-state index >= 15 is 0 Å². The van der Waals surface area contributed by atoms with E-state index in [2.05, 4.69) is 68.7 Å². The second kappa shape index (κ2) is 6.79. The van der Waals surface area contributed by atoms with Crippen molar-refractivity contribution in [3.8, 4) is 5.69 Å². The van der Waals surface area contributed by atoms with Crippen LogP contribution in [-0.4, -0.2) is 28.1 Å². The molecule has 1 saturated heterocycles. The van der Waals surface area contributed by atoms with Gasteiger partial charge in [0.1, 0.15) is 0 Å². The minimum Gasteiger partial charge on any atom is -0.399 e. The van der Waals surface area contributed by atoms with Gasteiger partial charge in [-0.25, -0.2) is 4.68 Å². The van der Waals surface area contributed by atoms with Gasteiger partial charge in [-0.2, -0.15) is 5.10 Å². The van der Waals surface area contributed by atoms with Gasteiger partial charge in [0.25, 0.3) is 0 Å². The zero-order valence-electron chi connectivity index (χ0n) is 17.3. The molecule has 1 aromatic heterocycles. The van der Waals surface area contributed by atoms with Crippen molar-refractivity contribution in [1.29, 1.82) is 0 Å². The van der Waals surface area contributed by atoms with Crippen molar-refractivity contribution in [1.82, 2.24) is 9.78 Å². The first kappa shape index (κ1) is 18.8. The Morgan fingerprint density at radius 2 is 1.63 bits per heavy atom. The molecule has 0 N–H and O–H groups in total. The van der Waals surface area contributed by atoms with Gasteiger partial charge < -0.3 is 9.31 Å². The standard InChI is InChI=1S/C22H31BN2O2/c1-16-15-24-25(20(16)14-17-8-6-7-9-17)19-12-10-18(11-13-19)23-26-21(2,3)22(4,5)27-23/h10-13,15,17H,6-9,14H2,1-5H3.